The maximum atomic E-state index is 5.38. The van der Waals surface area contributed by atoms with Crippen LogP contribution in [0.3, 0.4) is 0 Å². The maximum absolute atomic E-state index is 5.38. The second-order valence-electron chi connectivity index (χ2n) is 6.03. The van der Waals surface area contributed by atoms with Gasteiger partial charge in [0.1, 0.15) is 0 Å². The second-order valence-corrected chi connectivity index (χ2v) is 6.03. The van der Waals surface area contributed by atoms with Gasteiger partial charge in [0.05, 0.1) is 5.60 Å². The summed E-state index contributed by atoms with van der Waals surface area (Å²) < 4.78 is 5.38. The van der Waals surface area contributed by atoms with Crippen LogP contribution in [0.15, 0.2) is 0 Å². The molecule has 15 heavy (non-hydrogen) atoms. The summed E-state index contributed by atoms with van der Waals surface area (Å²) in [6.07, 6.45) is 1.05. The molecule has 0 heterocycles. The Labute approximate surface area is 95.8 Å². The normalized spacial score (nSPS) is 13.6. The van der Waals surface area contributed by atoms with Crippen LogP contribution in [0.25, 0.3) is 0 Å². The average molecular weight is 215 g/mol. The fourth-order valence-corrected chi connectivity index (χ4v) is 1.11. The van der Waals surface area contributed by atoms with Crippen molar-refractivity contribution in [3.8, 4) is 0 Å². The van der Waals surface area contributed by atoms with Gasteiger partial charge in [0, 0.05) is 13.7 Å². The van der Waals surface area contributed by atoms with Crippen molar-refractivity contribution in [2.24, 2.45) is 11.3 Å². The molecule has 0 aliphatic carbocycles. The van der Waals surface area contributed by atoms with E-state index < -0.39 is 0 Å². The van der Waals surface area contributed by atoms with E-state index in [4.69, 9.17) is 4.74 Å². The lowest BCUT2D eigenvalue weighted by molar-refractivity contribution is 0.0152. The van der Waals surface area contributed by atoms with E-state index in [0.717, 1.165) is 19.5 Å². The fourth-order valence-electron chi connectivity index (χ4n) is 1.11. The van der Waals surface area contributed by atoms with Crippen LogP contribution in [0.4, 0.5) is 0 Å². The molecular formula is C13H29NO. The zero-order valence-electron chi connectivity index (χ0n) is 11.6. The summed E-state index contributed by atoms with van der Waals surface area (Å²) in [7, 11) is 1.78. The van der Waals surface area contributed by atoms with Crippen molar-refractivity contribution in [1.82, 2.24) is 5.32 Å². The Morgan fingerprint density at radius 2 is 1.67 bits per heavy atom. The molecule has 0 aliphatic rings. The Kier molecular flexibility index (Phi) is 5.82. The van der Waals surface area contributed by atoms with Crippen LogP contribution in [0, 0.1) is 11.3 Å². The number of methoxy groups -OCH3 is 1. The maximum Gasteiger partial charge on any atom is 0.0634 e. The third-order valence-electron chi connectivity index (χ3n) is 3.60. The summed E-state index contributed by atoms with van der Waals surface area (Å²) in [5.74, 6) is 0.709. The lowest BCUT2D eigenvalue weighted by Crippen LogP contribution is -2.36. The van der Waals surface area contributed by atoms with E-state index in [2.05, 4.69) is 46.9 Å². The Morgan fingerprint density at radius 3 is 2.07 bits per heavy atom. The molecule has 2 nitrogen and oxygen atoms in total. The number of nitrogens with one attached hydrogen (secondary N) is 1. The van der Waals surface area contributed by atoms with Gasteiger partial charge in [0.2, 0.25) is 0 Å². The molecule has 0 unspecified atom stereocenters. The topological polar surface area (TPSA) is 21.3 Å². The smallest absolute Gasteiger partial charge is 0.0634 e. The lowest BCUT2D eigenvalue weighted by Gasteiger charge is -2.30. The minimum atomic E-state index is -0.00499. The van der Waals surface area contributed by atoms with E-state index in [0.29, 0.717) is 11.3 Å². The van der Waals surface area contributed by atoms with Crippen LogP contribution < -0.4 is 5.32 Å². The van der Waals surface area contributed by atoms with E-state index >= 15 is 0 Å². The summed E-state index contributed by atoms with van der Waals surface area (Å²) in [4.78, 5) is 0. The first-order valence-corrected chi connectivity index (χ1v) is 5.97. The first kappa shape index (κ1) is 14.9. The summed E-state index contributed by atoms with van der Waals surface area (Å²) >= 11 is 0. The van der Waals surface area contributed by atoms with E-state index in [1.807, 2.05) is 0 Å². The summed E-state index contributed by atoms with van der Waals surface area (Å²) in [5.41, 5.74) is 0.367. The summed E-state index contributed by atoms with van der Waals surface area (Å²) in [6.45, 7) is 15.5. The quantitative estimate of drug-likeness (QED) is 0.659. The first-order chi connectivity index (χ1) is 6.71. The van der Waals surface area contributed by atoms with Gasteiger partial charge >= 0.3 is 0 Å². The molecule has 1 N–H and O–H groups in total. The average Bonchev–Trinajstić information content (AvgIpc) is 2.12. The Hall–Kier alpha value is -0.0800. The van der Waals surface area contributed by atoms with E-state index in [1.54, 1.807) is 7.11 Å². The van der Waals surface area contributed by atoms with Crippen LogP contribution in [0.5, 0.6) is 0 Å². The molecule has 92 valence electrons. The van der Waals surface area contributed by atoms with Crippen molar-refractivity contribution in [2.45, 2.75) is 53.6 Å². The van der Waals surface area contributed by atoms with Gasteiger partial charge in [-0.25, -0.2) is 0 Å². The summed E-state index contributed by atoms with van der Waals surface area (Å²) in [6, 6.07) is 0. The highest BCUT2D eigenvalue weighted by molar-refractivity contribution is 4.76. The van der Waals surface area contributed by atoms with Gasteiger partial charge in [-0.3, -0.25) is 0 Å². The molecule has 2 heteroatoms. The van der Waals surface area contributed by atoms with Crippen molar-refractivity contribution < 1.29 is 4.74 Å². The van der Waals surface area contributed by atoms with Gasteiger partial charge in [-0.05, 0) is 38.1 Å². The molecule has 0 amide bonds. The third kappa shape index (κ3) is 6.16. The van der Waals surface area contributed by atoms with Crippen molar-refractivity contribution in [1.29, 1.82) is 0 Å². The molecule has 0 aromatic heterocycles. The van der Waals surface area contributed by atoms with Crippen LogP contribution >= 0.6 is 0 Å². The van der Waals surface area contributed by atoms with Gasteiger partial charge in [0.25, 0.3) is 0 Å². The lowest BCUT2D eigenvalue weighted by atomic mass is 9.81. The molecule has 0 aromatic rings. The second kappa shape index (κ2) is 5.86. The van der Waals surface area contributed by atoms with Crippen LogP contribution in [0.1, 0.15) is 48.0 Å². The highest BCUT2D eigenvalue weighted by Gasteiger charge is 2.22. The highest BCUT2D eigenvalue weighted by Crippen LogP contribution is 2.24. The molecule has 0 saturated heterocycles. The molecule has 0 fully saturated rings. The predicted molar refractivity (Wildman–Crippen MR) is 67.2 cm³/mol. The molecule has 0 bridgehead atoms. The molecule has 0 saturated carbocycles. The molecule has 0 aliphatic heterocycles. The van der Waals surface area contributed by atoms with Gasteiger partial charge in [-0.15, -0.1) is 0 Å². The van der Waals surface area contributed by atoms with E-state index in [-0.39, 0.29) is 5.60 Å². The molecule has 0 spiro atoms. The predicted octanol–water partition coefficient (Wildman–Crippen LogP) is 3.07. The van der Waals surface area contributed by atoms with Gasteiger partial charge in [0.15, 0.2) is 0 Å². The third-order valence-corrected chi connectivity index (χ3v) is 3.60. The van der Waals surface area contributed by atoms with Crippen LogP contribution in [-0.2, 0) is 4.74 Å². The Bertz CT molecular complexity index is 173. The number of ether oxygens (including phenoxy) is 1. The molecular weight excluding hydrogens is 186 g/mol. The van der Waals surface area contributed by atoms with Gasteiger partial charge in [-0.2, -0.15) is 0 Å². The molecule has 0 atom stereocenters. The Balaban J connectivity index is 3.72. The monoisotopic (exact) mass is 215 g/mol. The largest absolute Gasteiger partial charge is 0.379 e. The Morgan fingerprint density at radius 1 is 1.13 bits per heavy atom. The standard InChI is InChI=1S/C13H29NO/c1-11(2)12(3,4)10-14-9-8-13(5,6)15-7/h11,14H,8-10H2,1-7H3. The van der Waals surface area contributed by atoms with Crippen LogP contribution in [-0.4, -0.2) is 25.8 Å². The van der Waals surface area contributed by atoms with Crippen molar-refractivity contribution in [3.63, 3.8) is 0 Å². The highest BCUT2D eigenvalue weighted by atomic mass is 16.5. The van der Waals surface area contributed by atoms with Gasteiger partial charge < -0.3 is 10.1 Å². The number of hydrogen-bond acceptors (Lipinski definition) is 2. The van der Waals surface area contributed by atoms with E-state index in [9.17, 15) is 0 Å². The van der Waals surface area contributed by atoms with E-state index in [1.165, 1.54) is 0 Å². The van der Waals surface area contributed by atoms with Crippen molar-refractivity contribution in [3.05, 3.63) is 0 Å². The van der Waals surface area contributed by atoms with Gasteiger partial charge in [-0.1, -0.05) is 27.7 Å². The summed E-state index contributed by atoms with van der Waals surface area (Å²) in [5, 5.41) is 3.52. The SMILES string of the molecule is COC(C)(C)CCNCC(C)(C)C(C)C. The molecule has 0 rings (SSSR count). The minimum Gasteiger partial charge on any atom is -0.379 e. The zero-order valence-corrected chi connectivity index (χ0v) is 11.6. The van der Waals surface area contributed by atoms with Crippen molar-refractivity contribution in [2.75, 3.05) is 20.2 Å². The number of hydrogen-bond donors (Lipinski definition) is 1. The van der Waals surface area contributed by atoms with Crippen molar-refractivity contribution >= 4 is 0 Å². The first-order valence-electron chi connectivity index (χ1n) is 5.97. The molecule has 0 aromatic carbocycles. The fraction of sp³-hybridized carbons (Fsp3) is 1.00. The molecule has 0 radical (unpaired) electrons. The minimum absolute atomic E-state index is 0.00499. The number of rotatable bonds is 7. The van der Waals surface area contributed by atoms with Crippen LogP contribution in [0.2, 0.25) is 0 Å². The zero-order chi connectivity index (χ0) is 12.1.